The summed E-state index contributed by atoms with van der Waals surface area (Å²) in [6, 6.07) is 5.77. The number of pyridine rings is 1. The number of aryl methyl sites for hydroxylation is 1. The second-order valence-electron chi connectivity index (χ2n) is 3.07. The molecule has 4 heteroatoms. The molecule has 2 heterocycles. The van der Waals surface area contributed by atoms with E-state index in [9.17, 15) is 0 Å². The van der Waals surface area contributed by atoms with Crippen LogP contribution in [0.3, 0.4) is 0 Å². The third kappa shape index (κ3) is 2.53. The fourth-order valence-electron chi connectivity index (χ4n) is 1.29. The molecule has 76 valence electrons. The van der Waals surface area contributed by atoms with E-state index < -0.39 is 0 Å². The lowest BCUT2D eigenvalue weighted by molar-refractivity contribution is 0.952. The van der Waals surface area contributed by atoms with Gasteiger partial charge < -0.3 is 0 Å². The molecule has 0 spiro atoms. The van der Waals surface area contributed by atoms with Crippen LogP contribution in [0.15, 0.2) is 36.8 Å². The predicted molar refractivity (Wildman–Crippen MR) is 62.8 cm³/mol. The van der Waals surface area contributed by atoms with Crippen LogP contribution >= 0.6 is 12.6 Å². The zero-order valence-electron chi connectivity index (χ0n) is 8.17. The van der Waals surface area contributed by atoms with Gasteiger partial charge in [0.05, 0.1) is 5.69 Å². The van der Waals surface area contributed by atoms with Crippen molar-refractivity contribution in [3.05, 3.63) is 42.6 Å². The fraction of sp³-hybridized carbons (Fsp3) is 0.182. The number of aromatic nitrogens is 3. The van der Waals surface area contributed by atoms with Crippen molar-refractivity contribution >= 4 is 12.6 Å². The Labute approximate surface area is 94.0 Å². The van der Waals surface area contributed by atoms with E-state index in [4.69, 9.17) is 0 Å². The fourth-order valence-corrected chi connectivity index (χ4v) is 1.49. The number of hydrogen-bond donors (Lipinski definition) is 1. The zero-order chi connectivity index (χ0) is 10.5. The van der Waals surface area contributed by atoms with Gasteiger partial charge >= 0.3 is 0 Å². The molecule has 0 atom stereocenters. The Bertz CT molecular complexity index is 431. The van der Waals surface area contributed by atoms with Crippen molar-refractivity contribution in [2.45, 2.75) is 6.42 Å². The highest BCUT2D eigenvalue weighted by molar-refractivity contribution is 7.80. The summed E-state index contributed by atoms with van der Waals surface area (Å²) in [7, 11) is 0. The van der Waals surface area contributed by atoms with Crippen LogP contribution in [0.4, 0.5) is 0 Å². The van der Waals surface area contributed by atoms with Gasteiger partial charge in [-0.1, -0.05) is 0 Å². The van der Waals surface area contributed by atoms with Gasteiger partial charge in [0.2, 0.25) is 0 Å². The van der Waals surface area contributed by atoms with Crippen molar-refractivity contribution in [2.24, 2.45) is 0 Å². The van der Waals surface area contributed by atoms with Gasteiger partial charge in [-0.05, 0) is 24.0 Å². The summed E-state index contributed by atoms with van der Waals surface area (Å²) in [4.78, 5) is 12.7. The first-order valence-corrected chi connectivity index (χ1v) is 5.36. The topological polar surface area (TPSA) is 38.7 Å². The van der Waals surface area contributed by atoms with E-state index in [0.29, 0.717) is 0 Å². The van der Waals surface area contributed by atoms with Crippen LogP contribution in [0.5, 0.6) is 0 Å². The first-order chi connectivity index (χ1) is 7.40. The Balaban J connectivity index is 2.33. The van der Waals surface area contributed by atoms with E-state index in [2.05, 4.69) is 27.6 Å². The van der Waals surface area contributed by atoms with Crippen molar-refractivity contribution in [2.75, 3.05) is 5.75 Å². The highest BCUT2D eigenvalue weighted by atomic mass is 32.1. The molecule has 15 heavy (non-hydrogen) atoms. The monoisotopic (exact) mass is 217 g/mol. The molecule has 0 aliphatic rings. The van der Waals surface area contributed by atoms with Gasteiger partial charge in [-0.3, -0.25) is 4.98 Å². The van der Waals surface area contributed by atoms with Gasteiger partial charge in [0.1, 0.15) is 5.82 Å². The molecule has 0 N–H and O–H groups in total. The molecule has 0 saturated heterocycles. The van der Waals surface area contributed by atoms with Gasteiger partial charge in [0.15, 0.2) is 0 Å². The van der Waals surface area contributed by atoms with E-state index in [1.54, 1.807) is 18.6 Å². The summed E-state index contributed by atoms with van der Waals surface area (Å²) in [6.07, 6.45) is 6.11. The minimum absolute atomic E-state index is 0.760. The summed E-state index contributed by atoms with van der Waals surface area (Å²) in [5.74, 6) is 1.59. The maximum Gasteiger partial charge on any atom is 0.129 e. The number of hydrogen-bond acceptors (Lipinski definition) is 4. The molecule has 3 nitrogen and oxygen atoms in total. The van der Waals surface area contributed by atoms with Crippen LogP contribution in [0.25, 0.3) is 11.3 Å². The molecule has 0 fully saturated rings. The molecule has 0 radical (unpaired) electrons. The largest absolute Gasteiger partial charge is 0.264 e. The molecule has 0 bridgehead atoms. The quantitative estimate of drug-likeness (QED) is 0.799. The Morgan fingerprint density at radius 3 is 2.87 bits per heavy atom. The average Bonchev–Trinajstić information content (AvgIpc) is 2.31. The summed E-state index contributed by atoms with van der Waals surface area (Å²) >= 11 is 4.16. The van der Waals surface area contributed by atoms with Crippen molar-refractivity contribution in [3.63, 3.8) is 0 Å². The molecule has 2 aromatic heterocycles. The maximum atomic E-state index is 4.43. The number of rotatable bonds is 3. The molecular weight excluding hydrogens is 206 g/mol. The van der Waals surface area contributed by atoms with E-state index in [0.717, 1.165) is 29.3 Å². The highest BCUT2D eigenvalue weighted by Crippen LogP contribution is 2.14. The second kappa shape index (κ2) is 4.89. The highest BCUT2D eigenvalue weighted by Gasteiger charge is 2.00. The van der Waals surface area contributed by atoms with E-state index >= 15 is 0 Å². The van der Waals surface area contributed by atoms with Gasteiger partial charge in [0, 0.05) is 30.6 Å². The summed E-state index contributed by atoms with van der Waals surface area (Å²) in [6.45, 7) is 0. The Kier molecular flexibility index (Phi) is 3.29. The number of thiol groups is 1. The van der Waals surface area contributed by atoms with Crippen molar-refractivity contribution in [3.8, 4) is 11.3 Å². The van der Waals surface area contributed by atoms with Gasteiger partial charge in [-0.2, -0.15) is 12.6 Å². The first-order valence-electron chi connectivity index (χ1n) is 4.73. The maximum absolute atomic E-state index is 4.43. The third-order valence-corrected chi connectivity index (χ3v) is 2.22. The standard InChI is InChI=1S/C11H11N3S/c15-7-4-11-13-6-3-10(14-11)9-2-1-5-12-8-9/h1-3,5-6,8,15H,4,7H2. The van der Waals surface area contributed by atoms with Crippen LogP contribution < -0.4 is 0 Å². The van der Waals surface area contributed by atoms with Crippen LogP contribution in [0.1, 0.15) is 5.82 Å². The summed E-state index contributed by atoms with van der Waals surface area (Å²) in [5, 5.41) is 0. The van der Waals surface area contributed by atoms with Crippen molar-refractivity contribution in [1.29, 1.82) is 0 Å². The van der Waals surface area contributed by atoms with Crippen LogP contribution in [0, 0.1) is 0 Å². The smallest absolute Gasteiger partial charge is 0.129 e. The summed E-state index contributed by atoms with van der Waals surface area (Å²) < 4.78 is 0. The SMILES string of the molecule is SCCc1nccc(-c2cccnc2)n1. The van der Waals surface area contributed by atoms with Crippen molar-refractivity contribution in [1.82, 2.24) is 15.0 Å². The van der Waals surface area contributed by atoms with Crippen LogP contribution in [-0.2, 0) is 6.42 Å². The molecule has 0 aliphatic heterocycles. The minimum Gasteiger partial charge on any atom is -0.264 e. The lowest BCUT2D eigenvalue weighted by atomic mass is 10.2. The summed E-state index contributed by atoms with van der Waals surface area (Å²) in [5.41, 5.74) is 1.93. The average molecular weight is 217 g/mol. The Hall–Kier alpha value is -1.42. The molecule has 2 aromatic rings. The molecule has 0 amide bonds. The Morgan fingerprint density at radius 1 is 1.20 bits per heavy atom. The van der Waals surface area contributed by atoms with Gasteiger partial charge in [-0.25, -0.2) is 9.97 Å². The number of nitrogens with zero attached hydrogens (tertiary/aromatic N) is 3. The van der Waals surface area contributed by atoms with E-state index in [1.165, 1.54) is 0 Å². The second-order valence-corrected chi connectivity index (χ2v) is 3.52. The van der Waals surface area contributed by atoms with Crippen LogP contribution in [0.2, 0.25) is 0 Å². The van der Waals surface area contributed by atoms with Gasteiger partial charge in [-0.15, -0.1) is 0 Å². The normalized spacial score (nSPS) is 10.2. The molecule has 0 aliphatic carbocycles. The zero-order valence-corrected chi connectivity index (χ0v) is 9.06. The minimum atomic E-state index is 0.760. The lowest BCUT2D eigenvalue weighted by Gasteiger charge is -2.01. The Morgan fingerprint density at radius 2 is 2.13 bits per heavy atom. The molecule has 0 saturated carbocycles. The molecular formula is C11H11N3S. The van der Waals surface area contributed by atoms with Gasteiger partial charge in [0.25, 0.3) is 0 Å². The molecule has 2 rings (SSSR count). The predicted octanol–water partition coefficient (Wildman–Crippen LogP) is 2.01. The molecule has 0 aromatic carbocycles. The third-order valence-electron chi connectivity index (χ3n) is 2.00. The van der Waals surface area contributed by atoms with Crippen LogP contribution in [-0.4, -0.2) is 20.7 Å². The molecule has 0 unspecified atom stereocenters. The first kappa shape index (κ1) is 10.1. The van der Waals surface area contributed by atoms with Crippen molar-refractivity contribution < 1.29 is 0 Å². The lowest BCUT2D eigenvalue weighted by Crippen LogP contribution is -1.97. The van der Waals surface area contributed by atoms with E-state index in [-0.39, 0.29) is 0 Å². The van der Waals surface area contributed by atoms with E-state index in [1.807, 2.05) is 18.2 Å².